The largest absolute Gasteiger partial charge is 0.313 e. The van der Waals surface area contributed by atoms with Crippen LogP contribution in [0, 0.1) is 6.92 Å². The van der Waals surface area contributed by atoms with Crippen LogP contribution in [0.15, 0.2) is 48.5 Å². The van der Waals surface area contributed by atoms with Crippen molar-refractivity contribution < 1.29 is 0 Å². The molecule has 2 rings (SSSR count). The van der Waals surface area contributed by atoms with E-state index in [1.54, 1.807) is 6.07 Å². The minimum Gasteiger partial charge on any atom is -0.313 e. The summed E-state index contributed by atoms with van der Waals surface area (Å²) in [5.74, 6) is 0. The number of nitrogens with one attached hydrogen (secondary N) is 1. The number of hydrogen-bond donors (Lipinski definition) is 1. The van der Waals surface area contributed by atoms with Gasteiger partial charge in [0.1, 0.15) is 0 Å². The zero-order valence-electron chi connectivity index (χ0n) is 12.7. The van der Waals surface area contributed by atoms with E-state index in [9.17, 15) is 0 Å². The Morgan fingerprint density at radius 1 is 0.952 bits per heavy atom. The fraction of sp³-hybridized carbons (Fsp3) is 0.333. The van der Waals surface area contributed by atoms with Crippen LogP contribution in [0.25, 0.3) is 0 Å². The average Bonchev–Trinajstić information content (AvgIpc) is 2.44. The molecule has 0 saturated carbocycles. The Bertz CT molecular complexity index is 492. The molecule has 0 aromatic heterocycles. The van der Waals surface area contributed by atoms with Crippen LogP contribution in [0.3, 0.4) is 0 Å². The Hall–Kier alpha value is -1.02. The van der Waals surface area contributed by atoms with Crippen LogP contribution in [0.1, 0.15) is 30.9 Å². The van der Waals surface area contributed by atoms with E-state index in [0.717, 1.165) is 18.7 Å². The molecule has 0 aliphatic carbocycles. The first-order valence-corrected chi connectivity index (χ1v) is 8.04. The van der Waals surface area contributed by atoms with Gasteiger partial charge in [0.05, 0.1) is 0 Å². The molecule has 0 bridgehead atoms. The normalized spacial score (nSPS) is 9.90. The van der Waals surface area contributed by atoms with Crippen LogP contribution in [-0.4, -0.2) is 6.54 Å². The maximum Gasteiger partial charge on any atom is 0.0424 e. The Kier molecular flexibility index (Phi) is 9.16. The van der Waals surface area contributed by atoms with E-state index in [0.29, 0.717) is 10.0 Å². The lowest BCUT2D eigenvalue weighted by molar-refractivity contribution is 0.641. The van der Waals surface area contributed by atoms with Crippen LogP contribution in [0.2, 0.25) is 10.0 Å². The predicted octanol–water partition coefficient (Wildman–Crippen LogP) is 5.88. The van der Waals surface area contributed by atoms with Crippen molar-refractivity contribution in [2.24, 2.45) is 0 Å². The molecule has 0 unspecified atom stereocenters. The Morgan fingerprint density at radius 3 is 2.05 bits per heavy atom. The lowest BCUT2D eigenvalue weighted by Crippen LogP contribution is -2.14. The van der Waals surface area contributed by atoms with Gasteiger partial charge in [0.25, 0.3) is 0 Å². The van der Waals surface area contributed by atoms with Gasteiger partial charge < -0.3 is 5.32 Å². The second-order valence-corrected chi connectivity index (χ2v) is 5.84. The standard InChI is InChI=1S/C11H15Cl2N.C7H8/c1-2-3-4-14-8-9-5-10(12)7-11(13)6-9;1-7-5-3-2-4-6-7/h5-7,14H,2-4,8H2,1H3;2-6H,1H3. The summed E-state index contributed by atoms with van der Waals surface area (Å²) in [6.07, 6.45) is 2.41. The fourth-order valence-electron chi connectivity index (χ4n) is 1.78. The molecule has 1 N–H and O–H groups in total. The molecule has 2 aromatic rings. The van der Waals surface area contributed by atoms with E-state index < -0.39 is 0 Å². The van der Waals surface area contributed by atoms with Crippen molar-refractivity contribution in [2.45, 2.75) is 33.2 Å². The van der Waals surface area contributed by atoms with Crippen LogP contribution in [0.4, 0.5) is 0 Å². The van der Waals surface area contributed by atoms with E-state index >= 15 is 0 Å². The highest BCUT2D eigenvalue weighted by atomic mass is 35.5. The van der Waals surface area contributed by atoms with Gasteiger partial charge in [-0.2, -0.15) is 0 Å². The molecule has 114 valence electrons. The predicted molar refractivity (Wildman–Crippen MR) is 94.3 cm³/mol. The van der Waals surface area contributed by atoms with E-state index in [4.69, 9.17) is 23.2 Å². The molecule has 1 nitrogen and oxygen atoms in total. The van der Waals surface area contributed by atoms with Gasteiger partial charge in [-0.15, -0.1) is 0 Å². The highest BCUT2D eigenvalue weighted by Crippen LogP contribution is 2.18. The fourth-order valence-corrected chi connectivity index (χ4v) is 2.35. The summed E-state index contributed by atoms with van der Waals surface area (Å²) >= 11 is 11.8. The van der Waals surface area contributed by atoms with Crippen LogP contribution in [0.5, 0.6) is 0 Å². The van der Waals surface area contributed by atoms with Gasteiger partial charge >= 0.3 is 0 Å². The van der Waals surface area contributed by atoms with E-state index in [-0.39, 0.29) is 0 Å². The topological polar surface area (TPSA) is 12.0 Å². The molecular formula is C18H23Cl2N. The molecule has 0 aliphatic rings. The summed E-state index contributed by atoms with van der Waals surface area (Å²) in [5.41, 5.74) is 2.46. The van der Waals surface area contributed by atoms with Gasteiger partial charge in [0, 0.05) is 16.6 Å². The average molecular weight is 324 g/mol. The minimum atomic E-state index is 0.699. The molecule has 0 atom stereocenters. The minimum absolute atomic E-state index is 0.699. The van der Waals surface area contributed by atoms with Crippen molar-refractivity contribution >= 4 is 23.2 Å². The second kappa shape index (κ2) is 10.7. The molecule has 0 amide bonds. The van der Waals surface area contributed by atoms with Gasteiger partial charge in [0.15, 0.2) is 0 Å². The van der Waals surface area contributed by atoms with Gasteiger partial charge in [-0.05, 0) is 43.7 Å². The zero-order chi connectivity index (χ0) is 15.5. The molecule has 0 saturated heterocycles. The molecular weight excluding hydrogens is 301 g/mol. The highest BCUT2D eigenvalue weighted by Gasteiger charge is 1.97. The van der Waals surface area contributed by atoms with Crippen molar-refractivity contribution in [3.05, 3.63) is 69.7 Å². The molecule has 2 aromatic carbocycles. The number of halogens is 2. The van der Waals surface area contributed by atoms with Gasteiger partial charge in [-0.3, -0.25) is 0 Å². The van der Waals surface area contributed by atoms with Gasteiger partial charge in [-0.25, -0.2) is 0 Å². The lowest BCUT2D eigenvalue weighted by Gasteiger charge is -2.05. The summed E-state index contributed by atoms with van der Waals surface area (Å²) in [6.45, 7) is 6.14. The maximum absolute atomic E-state index is 5.88. The Morgan fingerprint density at radius 2 is 1.57 bits per heavy atom. The number of unbranched alkanes of at least 4 members (excludes halogenated alkanes) is 1. The molecule has 0 fully saturated rings. The first-order chi connectivity index (χ1) is 10.1. The molecule has 0 spiro atoms. The number of benzene rings is 2. The van der Waals surface area contributed by atoms with Crippen molar-refractivity contribution in [2.75, 3.05) is 6.54 Å². The van der Waals surface area contributed by atoms with Crippen molar-refractivity contribution in [1.82, 2.24) is 5.32 Å². The van der Waals surface area contributed by atoms with Crippen molar-refractivity contribution in [1.29, 1.82) is 0 Å². The number of rotatable bonds is 5. The molecule has 0 heterocycles. The van der Waals surface area contributed by atoms with E-state index in [1.807, 2.05) is 30.3 Å². The van der Waals surface area contributed by atoms with E-state index in [2.05, 4.69) is 31.3 Å². The smallest absolute Gasteiger partial charge is 0.0424 e. The van der Waals surface area contributed by atoms with Crippen LogP contribution < -0.4 is 5.32 Å². The summed E-state index contributed by atoms with van der Waals surface area (Å²) < 4.78 is 0. The summed E-state index contributed by atoms with van der Waals surface area (Å²) in [5, 5.41) is 4.74. The van der Waals surface area contributed by atoms with E-state index in [1.165, 1.54) is 18.4 Å². The third kappa shape index (κ3) is 8.77. The Labute approximate surface area is 138 Å². The first kappa shape index (κ1) is 18.0. The first-order valence-electron chi connectivity index (χ1n) is 7.29. The maximum atomic E-state index is 5.88. The quantitative estimate of drug-likeness (QED) is 0.677. The molecule has 0 aliphatic heterocycles. The third-order valence-electron chi connectivity index (χ3n) is 2.90. The molecule has 0 radical (unpaired) electrons. The van der Waals surface area contributed by atoms with Gasteiger partial charge in [0.2, 0.25) is 0 Å². The molecule has 3 heteroatoms. The van der Waals surface area contributed by atoms with Gasteiger partial charge in [-0.1, -0.05) is 72.4 Å². The summed E-state index contributed by atoms with van der Waals surface area (Å²) in [4.78, 5) is 0. The zero-order valence-corrected chi connectivity index (χ0v) is 14.2. The molecule has 21 heavy (non-hydrogen) atoms. The van der Waals surface area contributed by atoms with Crippen molar-refractivity contribution in [3.8, 4) is 0 Å². The number of aryl methyl sites for hydroxylation is 1. The number of hydrogen-bond acceptors (Lipinski definition) is 1. The highest BCUT2D eigenvalue weighted by molar-refractivity contribution is 6.34. The Balaban J connectivity index is 0.000000262. The van der Waals surface area contributed by atoms with Crippen LogP contribution in [-0.2, 0) is 6.54 Å². The monoisotopic (exact) mass is 323 g/mol. The summed E-state index contributed by atoms with van der Waals surface area (Å²) in [6, 6.07) is 15.9. The second-order valence-electron chi connectivity index (χ2n) is 4.96. The van der Waals surface area contributed by atoms with Crippen LogP contribution >= 0.6 is 23.2 Å². The lowest BCUT2D eigenvalue weighted by atomic mass is 10.2. The SMILES string of the molecule is CCCCNCc1cc(Cl)cc(Cl)c1.Cc1ccccc1. The third-order valence-corrected chi connectivity index (χ3v) is 3.34. The summed E-state index contributed by atoms with van der Waals surface area (Å²) in [7, 11) is 0. The van der Waals surface area contributed by atoms with Crippen molar-refractivity contribution in [3.63, 3.8) is 0 Å².